The van der Waals surface area contributed by atoms with Crippen LogP contribution in [0.25, 0.3) is 0 Å². The first kappa shape index (κ1) is 12.4. The lowest BCUT2D eigenvalue weighted by atomic mass is 10.3. The van der Waals surface area contributed by atoms with E-state index in [0.29, 0.717) is 13.0 Å². The van der Waals surface area contributed by atoms with Crippen molar-refractivity contribution in [3.8, 4) is 0 Å². The molecule has 0 aliphatic carbocycles. The van der Waals surface area contributed by atoms with Gasteiger partial charge in [-0.25, -0.2) is 0 Å². The van der Waals surface area contributed by atoms with E-state index >= 15 is 0 Å². The molecule has 14 heavy (non-hydrogen) atoms. The molecule has 0 aromatic rings. The standard InChI is InChI=1S/C7H17N7/c8-5(9)1-2-14(3-6(10)11)4-7(12)13/h1-4H2,(H3,8,9)(H3,10,11)(H3,12,13). The van der Waals surface area contributed by atoms with Crippen molar-refractivity contribution in [3.63, 3.8) is 0 Å². The maximum atomic E-state index is 7.09. The Morgan fingerprint density at radius 3 is 1.57 bits per heavy atom. The fraction of sp³-hybridized carbons (Fsp3) is 0.571. The quantitative estimate of drug-likeness (QED) is 0.218. The van der Waals surface area contributed by atoms with Crippen LogP contribution in [0.3, 0.4) is 0 Å². The van der Waals surface area contributed by atoms with E-state index in [1.54, 1.807) is 4.90 Å². The van der Waals surface area contributed by atoms with Gasteiger partial charge in [-0.15, -0.1) is 0 Å². The highest BCUT2D eigenvalue weighted by atomic mass is 15.1. The zero-order chi connectivity index (χ0) is 11.1. The van der Waals surface area contributed by atoms with Crippen molar-refractivity contribution in [2.24, 2.45) is 17.2 Å². The number of hydrogen-bond donors (Lipinski definition) is 6. The zero-order valence-electron chi connectivity index (χ0n) is 8.01. The first-order valence-corrected chi connectivity index (χ1v) is 4.13. The van der Waals surface area contributed by atoms with Gasteiger partial charge in [0.2, 0.25) is 0 Å². The monoisotopic (exact) mass is 199 g/mol. The van der Waals surface area contributed by atoms with E-state index < -0.39 is 0 Å². The van der Waals surface area contributed by atoms with Gasteiger partial charge in [0.1, 0.15) is 11.7 Å². The Morgan fingerprint density at radius 1 is 0.857 bits per heavy atom. The van der Waals surface area contributed by atoms with E-state index in [0.717, 1.165) is 0 Å². The van der Waals surface area contributed by atoms with E-state index in [-0.39, 0.29) is 30.6 Å². The van der Waals surface area contributed by atoms with Crippen molar-refractivity contribution in [1.29, 1.82) is 16.2 Å². The Hall–Kier alpha value is -1.63. The second-order valence-electron chi connectivity index (χ2n) is 3.04. The molecule has 0 aliphatic rings. The molecule has 7 heteroatoms. The number of hydrogen-bond acceptors (Lipinski definition) is 4. The molecule has 0 aromatic heterocycles. The Kier molecular flexibility index (Phi) is 5.23. The topological polar surface area (TPSA) is 153 Å². The van der Waals surface area contributed by atoms with Crippen molar-refractivity contribution in [2.45, 2.75) is 6.42 Å². The van der Waals surface area contributed by atoms with Crippen LogP contribution < -0.4 is 17.2 Å². The number of amidine groups is 3. The molecule has 0 radical (unpaired) electrons. The SMILES string of the molecule is N=C(N)CCN(CC(=N)N)CC(=N)N. The number of rotatable bonds is 7. The third-order valence-electron chi connectivity index (χ3n) is 1.49. The smallest absolute Gasteiger partial charge is 0.105 e. The first-order valence-electron chi connectivity index (χ1n) is 4.13. The number of nitrogens with two attached hydrogens (primary N) is 3. The van der Waals surface area contributed by atoms with E-state index in [4.69, 9.17) is 33.4 Å². The highest BCUT2D eigenvalue weighted by Gasteiger charge is 2.07. The van der Waals surface area contributed by atoms with Crippen LogP contribution in [-0.4, -0.2) is 42.0 Å². The van der Waals surface area contributed by atoms with Crippen LogP contribution in [-0.2, 0) is 0 Å². The number of nitrogens with zero attached hydrogens (tertiary/aromatic N) is 1. The molecule has 0 aromatic carbocycles. The minimum atomic E-state index is 0.00908. The summed E-state index contributed by atoms with van der Waals surface area (Å²) in [4.78, 5) is 1.70. The summed E-state index contributed by atoms with van der Waals surface area (Å²) in [6.07, 6.45) is 0.389. The molecule has 9 N–H and O–H groups in total. The average molecular weight is 199 g/mol. The minimum absolute atomic E-state index is 0.00908. The van der Waals surface area contributed by atoms with Crippen molar-refractivity contribution >= 4 is 17.5 Å². The summed E-state index contributed by atoms with van der Waals surface area (Å²) in [5, 5.41) is 21.2. The van der Waals surface area contributed by atoms with Gasteiger partial charge in [-0.2, -0.15) is 0 Å². The third kappa shape index (κ3) is 7.04. The normalized spacial score (nSPS) is 10.1. The molecule has 0 bridgehead atoms. The molecule has 0 heterocycles. The fourth-order valence-electron chi connectivity index (χ4n) is 0.974. The van der Waals surface area contributed by atoms with Crippen molar-refractivity contribution in [1.82, 2.24) is 4.90 Å². The van der Waals surface area contributed by atoms with Crippen molar-refractivity contribution in [2.75, 3.05) is 19.6 Å². The summed E-state index contributed by atoms with van der Waals surface area (Å²) in [6.45, 7) is 0.966. The van der Waals surface area contributed by atoms with Crippen molar-refractivity contribution < 1.29 is 0 Å². The maximum absolute atomic E-state index is 7.09. The van der Waals surface area contributed by atoms with E-state index in [2.05, 4.69) is 0 Å². The molecule has 0 fully saturated rings. The molecule has 0 unspecified atom stereocenters. The van der Waals surface area contributed by atoms with Crippen LogP contribution in [0.1, 0.15) is 6.42 Å². The van der Waals surface area contributed by atoms with Gasteiger partial charge in [0.25, 0.3) is 0 Å². The summed E-state index contributed by atoms with van der Waals surface area (Å²) in [5.41, 5.74) is 15.6. The molecule has 0 saturated heterocycles. The lowest BCUT2D eigenvalue weighted by molar-refractivity contribution is 0.362. The average Bonchev–Trinajstić information content (AvgIpc) is 1.97. The molecule has 0 amide bonds. The largest absolute Gasteiger partial charge is 0.388 e. The Labute approximate surface area is 82.8 Å². The summed E-state index contributed by atoms with van der Waals surface area (Å²) in [7, 11) is 0. The van der Waals surface area contributed by atoms with Gasteiger partial charge in [0, 0.05) is 13.0 Å². The van der Waals surface area contributed by atoms with E-state index in [1.807, 2.05) is 0 Å². The lowest BCUT2D eigenvalue weighted by Gasteiger charge is -2.20. The molecule has 7 nitrogen and oxygen atoms in total. The Morgan fingerprint density at radius 2 is 1.29 bits per heavy atom. The van der Waals surface area contributed by atoms with Gasteiger partial charge in [0.15, 0.2) is 0 Å². The predicted molar refractivity (Wildman–Crippen MR) is 56.8 cm³/mol. The van der Waals surface area contributed by atoms with E-state index in [1.165, 1.54) is 0 Å². The minimum Gasteiger partial charge on any atom is -0.388 e. The molecular formula is C7H17N7. The van der Waals surface area contributed by atoms with Gasteiger partial charge in [-0.3, -0.25) is 21.1 Å². The molecule has 80 valence electrons. The van der Waals surface area contributed by atoms with Gasteiger partial charge >= 0.3 is 0 Å². The molecular weight excluding hydrogens is 182 g/mol. The lowest BCUT2D eigenvalue weighted by Crippen LogP contribution is -2.40. The summed E-state index contributed by atoms with van der Waals surface area (Å²) >= 11 is 0. The van der Waals surface area contributed by atoms with Crippen LogP contribution in [0.15, 0.2) is 0 Å². The summed E-state index contributed by atoms with van der Waals surface area (Å²) in [6, 6.07) is 0. The molecule has 0 spiro atoms. The van der Waals surface area contributed by atoms with Crippen LogP contribution in [0.2, 0.25) is 0 Å². The van der Waals surface area contributed by atoms with Gasteiger partial charge in [-0.05, 0) is 0 Å². The van der Waals surface area contributed by atoms with Crippen LogP contribution in [0, 0.1) is 16.2 Å². The highest BCUT2D eigenvalue weighted by molar-refractivity contribution is 5.82. The van der Waals surface area contributed by atoms with E-state index in [9.17, 15) is 0 Å². The summed E-state index contributed by atoms with van der Waals surface area (Å²) in [5.74, 6) is 0.0895. The zero-order valence-corrected chi connectivity index (χ0v) is 8.01. The fourth-order valence-corrected chi connectivity index (χ4v) is 0.974. The van der Waals surface area contributed by atoms with Gasteiger partial charge in [0.05, 0.1) is 18.9 Å². The Bertz CT molecular complexity index is 218. The van der Waals surface area contributed by atoms with Crippen LogP contribution in [0.4, 0.5) is 0 Å². The highest BCUT2D eigenvalue weighted by Crippen LogP contribution is 1.90. The van der Waals surface area contributed by atoms with Crippen LogP contribution in [0.5, 0.6) is 0 Å². The third-order valence-corrected chi connectivity index (χ3v) is 1.49. The first-order chi connectivity index (χ1) is 6.41. The van der Waals surface area contributed by atoms with Gasteiger partial charge < -0.3 is 17.2 Å². The van der Waals surface area contributed by atoms with Gasteiger partial charge in [-0.1, -0.05) is 0 Å². The number of nitrogens with one attached hydrogen (secondary N) is 3. The molecule has 0 atom stereocenters. The molecule has 0 saturated carbocycles. The van der Waals surface area contributed by atoms with Crippen LogP contribution >= 0.6 is 0 Å². The summed E-state index contributed by atoms with van der Waals surface area (Å²) < 4.78 is 0. The Balaban J connectivity index is 4.03. The second-order valence-corrected chi connectivity index (χ2v) is 3.04. The predicted octanol–water partition coefficient (Wildman–Crippen LogP) is -1.51. The molecule has 0 aliphatic heterocycles. The maximum Gasteiger partial charge on any atom is 0.105 e. The second kappa shape index (κ2) is 5.92. The molecule has 0 rings (SSSR count). The van der Waals surface area contributed by atoms with Crippen molar-refractivity contribution in [3.05, 3.63) is 0 Å².